The van der Waals surface area contributed by atoms with Crippen LogP contribution in [0.1, 0.15) is 43.8 Å². The smallest absolute Gasteiger partial charge is 0.153 e. The molecule has 0 radical (unpaired) electrons. The molecule has 1 unspecified atom stereocenters. The van der Waals surface area contributed by atoms with E-state index in [2.05, 4.69) is 30.0 Å². The SMILES string of the molecule is CCc1cc(CC)n(-c2cc(C(C)N)ccn2)n1. The molecule has 2 aromatic rings. The topological polar surface area (TPSA) is 56.7 Å². The quantitative estimate of drug-likeness (QED) is 0.898. The van der Waals surface area contributed by atoms with Crippen LogP contribution in [0.5, 0.6) is 0 Å². The summed E-state index contributed by atoms with van der Waals surface area (Å²) in [7, 11) is 0. The zero-order chi connectivity index (χ0) is 13.1. The van der Waals surface area contributed by atoms with Gasteiger partial charge in [0.25, 0.3) is 0 Å². The minimum absolute atomic E-state index is 0.0121. The number of aryl methyl sites for hydroxylation is 2. The zero-order valence-corrected chi connectivity index (χ0v) is 11.2. The summed E-state index contributed by atoms with van der Waals surface area (Å²) in [6, 6.07) is 6.11. The van der Waals surface area contributed by atoms with Crippen LogP contribution in [0.2, 0.25) is 0 Å². The van der Waals surface area contributed by atoms with Gasteiger partial charge in [-0.3, -0.25) is 0 Å². The summed E-state index contributed by atoms with van der Waals surface area (Å²) < 4.78 is 1.92. The zero-order valence-electron chi connectivity index (χ0n) is 11.2. The monoisotopic (exact) mass is 244 g/mol. The number of rotatable bonds is 4. The summed E-state index contributed by atoms with van der Waals surface area (Å²) in [6.45, 7) is 6.21. The Bertz CT molecular complexity index is 528. The number of aromatic nitrogens is 3. The van der Waals surface area contributed by atoms with Crippen molar-refractivity contribution >= 4 is 0 Å². The van der Waals surface area contributed by atoms with E-state index in [4.69, 9.17) is 5.73 Å². The summed E-state index contributed by atoms with van der Waals surface area (Å²) in [5.41, 5.74) is 9.26. The van der Waals surface area contributed by atoms with Gasteiger partial charge in [-0.1, -0.05) is 13.8 Å². The number of nitrogens with two attached hydrogens (primary N) is 1. The third-order valence-corrected chi connectivity index (χ3v) is 3.07. The van der Waals surface area contributed by atoms with Gasteiger partial charge < -0.3 is 5.73 Å². The molecule has 4 heteroatoms. The van der Waals surface area contributed by atoms with Crippen molar-refractivity contribution in [1.82, 2.24) is 14.8 Å². The Balaban J connectivity index is 2.47. The summed E-state index contributed by atoms with van der Waals surface area (Å²) in [5.74, 6) is 0.848. The van der Waals surface area contributed by atoms with Crippen molar-refractivity contribution in [2.24, 2.45) is 5.73 Å². The highest BCUT2D eigenvalue weighted by Gasteiger charge is 2.09. The van der Waals surface area contributed by atoms with E-state index in [9.17, 15) is 0 Å². The Hall–Kier alpha value is -1.68. The lowest BCUT2D eigenvalue weighted by molar-refractivity contribution is 0.759. The van der Waals surface area contributed by atoms with Gasteiger partial charge >= 0.3 is 0 Å². The van der Waals surface area contributed by atoms with Crippen LogP contribution in [0, 0.1) is 0 Å². The van der Waals surface area contributed by atoms with Gasteiger partial charge in [0.05, 0.1) is 5.69 Å². The fraction of sp³-hybridized carbons (Fsp3) is 0.429. The molecule has 18 heavy (non-hydrogen) atoms. The first-order valence-electron chi connectivity index (χ1n) is 6.45. The van der Waals surface area contributed by atoms with E-state index in [1.54, 1.807) is 6.20 Å². The Morgan fingerprint density at radius 3 is 2.67 bits per heavy atom. The van der Waals surface area contributed by atoms with Gasteiger partial charge in [-0.25, -0.2) is 9.67 Å². The number of pyridine rings is 1. The summed E-state index contributed by atoms with van der Waals surface area (Å²) in [5, 5.41) is 4.58. The molecule has 0 bridgehead atoms. The van der Waals surface area contributed by atoms with E-state index >= 15 is 0 Å². The van der Waals surface area contributed by atoms with Crippen LogP contribution in [-0.4, -0.2) is 14.8 Å². The van der Waals surface area contributed by atoms with E-state index in [0.29, 0.717) is 0 Å². The van der Waals surface area contributed by atoms with E-state index in [0.717, 1.165) is 29.9 Å². The number of hydrogen-bond acceptors (Lipinski definition) is 3. The van der Waals surface area contributed by atoms with Crippen LogP contribution in [0.25, 0.3) is 5.82 Å². The molecular formula is C14H20N4. The van der Waals surface area contributed by atoms with E-state index in [1.165, 1.54) is 5.69 Å². The highest BCUT2D eigenvalue weighted by atomic mass is 15.3. The summed E-state index contributed by atoms with van der Waals surface area (Å²) in [6.07, 6.45) is 3.67. The average molecular weight is 244 g/mol. The van der Waals surface area contributed by atoms with Crippen molar-refractivity contribution in [1.29, 1.82) is 0 Å². The van der Waals surface area contributed by atoms with Crippen LogP contribution in [0.3, 0.4) is 0 Å². The van der Waals surface area contributed by atoms with Crippen LogP contribution in [0.4, 0.5) is 0 Å². The Kier molecular flexibility index (Phi) is 3.77. The van der Waals surface area contributed by atoms with E-state index in [1.807, 2.05) is 23.7 Å². The van der Waals surface area contributed by atoms with Crippen LogP contribution < -0.4 is 5.73 Å². The molecule has 0 aliphatic rings. The van der Waals surface area contributed by atoms with Gasteiger partial charge in [-0.05, 0) is 43.5 Å². The van der Waals surface area contributed by atoms with Gasteiger partial charge in [-0.15, -0.1) is 0 Å². The summed E-state index contributed by atoms with van der Waals surface area (Å²) in [4.78, 5) is 4.39. The second-order valence-corrected chi connectivity index (χ2v) is 4.48. The van der Waals surface area contributed by atoms with Gasteiger partial charge in [0.1, 0.15) is 0 Å². The third kappa shape index (κ3) is 2.43. The molecule has 4 nitrogen and oxygen atoms in total. The van der Waals surface area contributed by atoms with Gasteiger partial charge in [0.15, 0.2) is 5.82 Å². The Morgan fingerprint density at radius 2 is 2.06 bits per heavy atom. The molecule has 0 spiro atoms. The molecule has 0 aliphatic heterocycles. The fourth-order valence-electron chi connectivity index (χ4n) is 1.93. The predicted octanol–water partition coefficient (Wildman–Crippen LogP) is 2.41. The molecule has 0 aromatic carbocycles. The molecule has 0 aliphatic carbocycles. The van der Waals surface area contributed by atoms with Crippen molar-refractivity contribution < 1.29 is 0 Å². The molecule has 0 fully saturated rings. The van der Waals surface area contributed by atoms with Gasteiger partial charge in [0, 0.05) is 17.9 Å². The second kappa shape index (κ2) is 5.31. The normalized spacial score (nSPS) is 12.7. The fourth-order valence-corrected chi connectivity index (χ4v) is 1.93. The lowest BCUT2D eigenvalue weighted by Crippen LogP contribution is -2.09. The standard InChI is InChI=1S/C14H20N4/c1-4-12-9-13(5-2)18(17-12)14-8-11(10(3)15)6-7-16-14/h6-10H,4-5,15H2,1-3H3. The number of hydrogen-bond donors (Lipinski definition) is 1. The molecule has 2 heterocycles. The first-order valence-corrected chi connectivity index (χ1v) is 6.45. The molecule has 96 valence electrons. The Morgan fingerprint density at radius 1 is 1.28 bits per heavy atom. The lowest BCUT2D eigenvalue weighted by atomic mass is 10.1. The van der Waals surface area contributed by atoms with Crippen LogP contribution in [-0.2, 0) is 12.8 Å². The molecule has 0 saturated carbocycles. The Labute approximate surface area is 108 Å². The molecule has 2 aromatic heterocycles. The van der Waals surface area contributed by atoms with Crippen molar-refractivity contribution in [3.63, 3.8) is 0 Å². The first kappa shape index (κ1) is 12.8. The molecule has 0 amide bonds. The minimum atomic E-state index is 0.0121. The summed E-state index contributed by atoms with van der Waals surface area (Å²) >= 11 is 0. The van der Waals surface area contributed by atoms with Crippen molar-refractivity contribution in [3.05, 3.63) is 41.3 Å². The first-order chi connectivity index (χ1) is 8.65. The maximum Gasteiger partial charge on any atom is 0.153 e. The molecule has 2 N–H and O–H groups in total. The van der Waals surface area contributed by atoms with E-state index < -0.39 is 0 Å². The van der Waals surface area contributed by atoms with Crippen molar-refractivity contribution in [3.8, 4) is 5.82 Å². The highest BCUT2D eigenvalue weighted by molar-refractivity contribution is 5.31. The molecule has 1 atom stereocenters. The minimum Gasteiger partial charge on any atom is -0.324 e. The third-order valence-electron chi connectivity index (χ3n) is 3.07. The highest BCUT2D eigenvalue weighted by Crippen LogP contribution is 2.16. The van der Waals surface area contributed by atoms with E-state index in [-0.39, 0.29) is 6.04 Å². The van der Waals surface area contributed by atoms with Gasteiger partial charge in [-0.2, -0.15) is 5.10 Å². The average Bonchev–Trinajstić information content (AvgIpc) is 2.82. The van der Waals surface area contributed by atoms with Crippen molar-refractivity contribution in [2.75, 3.05) is 0 Å². The maximum atomic E-state index is 5.91. The second-order valence-electron chi connectivity index (χ2n) is 4.48. The largest absolute Gasteiger partial charge is 0.324 e. The van der Waals surface area contributed by atoms with Crippen LogP contribution in [0.15, 0.2) is 24.4 Å². The molecular weight excluding hydrogens is 224 g/mol. The lowest BCUT2D eigenvalue weighted by Gasteiger charge is -2.09. The van der Waals surface area contributed by atoms with Crippen molar-refractivity contribution in [2.45, 2.75) is 39.7 Å². The predicted molar refractivity (Wildman–Crippen MR) is 72.7 cm³/mol. The van der Waals surface area contributed by atoms with Gasteiger partial charge in [0.2, 0.25) is 0 Å². The van der Waals surface area contributed by atoms with Crippen LogP contribution >= 0.6 is 0 Å². The molecule has 2 rings (SSSR count). The number of nitrogens with zero attached hydrogens (tertiary/aromatic N) is 3. The maximum absolute atomic E-state index is 5.91. The molecule has 0 saturated heterocycles.